The smallest absolute Gasteiger partial charge is 0.228 e. The standard InChI is InChI=1S/C25H36FN3O4S/c1-18(2)28(23(30)13-25(3,4)5)15-20-14-27-24(29(20)16-21-10-8-12-33-21)34(31,32)17-19-9-6-7-11-22(19)26/h6-7,9,11,14,18,21H,8,10,12-13,15-17H2,1-5H3. The molecule has 0 aliphatic carbocycles. The average Bonchev–Trinajstić information content (AvgIpc) is 3.37. The zero-order chi connectivity index (χ0) is 25.1. The van der Waals surface area contributed by atoms with Gasteiger partial charge >= 0.3 is 0 Å². The van der Waals surface area contributed by atoms with Crippen molar-refractivity contribution in [2.24, 2.45) is 5.41 Å². The number of carbonyl (C=O) groups is 1. The number of hydrogen-bond acceptors (Lipinski definition) is 5. The van der Waals surface area contributed by atoms with E-state index in [0.29, 0.717) is 25.3 Å². The van der Waals surface area contributed by atoms with Crippen molar-refractivity contribution in [1.29, 1.82) is 0 Å². The molecule has 0 spiro atoms. The van der Waals surface area contributed by atoms with Crippen molar-refractivity contribution in [3.05, 3.63) is 47.5 Å². The number of imidazole rings is 1. The zero-order valence-electron chi connectivity index (χ0n) is 20.8. The second-order valence-electron chi connectivity index (χ2n) is 10.5. The maximum absolute atomic E-state index is 14.2. The molecule has 1 saturated heterocycles. The molecular formula is C25H36FN3O4S. The zero-order valence-corrected chi connectivity index (χ0v) is 21.6. The van der Waals surface area contributed by atoms with Crippen molar-refractivity contribution in [3.63, 3.8) is 0 Å². The Morgan fingerprint density at radius 1 is 1.29 bits per heavy atom. The first-order valence-corrected chi connectivity index (χ1v) is 13.4. The maximum atomic E-state index is 14.2. The number of ether oxygens (including phenoxy) is 1. The molecule has 0 bridgehead atoms. The molecule has 2 aromatic rings. The predicted molar refractivity (Wildman–Crippen MR) is 128 cm³/mol. The van der Waals surface area contributed by atoms with E-state index in [0.717, 1.165) is 12.8 Å². The van der Waals surface area contributed by atoms with Gasteiger partial charge in [-0.1, -0.05) is 39.0 Å². The Hall–Kier alpha value is -2.26. The first kappa shape index (κ1) is 26.3. The average molecular weight is 494 g/mol. The van der Waals surface area contributed by atoms with Gasteiger partial charge in [0.15, 0.2) is 0 Å². The van der Waals surface area contributed by atoms with Crippen LogP contribution in [0.5, 0.6) is 0 Å². The van der Waals surface area contributed by atoms with Crippen LogP contribution in [0.4, 0.5) is 4.39 Å². The van der Waals surface area contributed by atoms with Crippen LogP contribution in [0, 0.1) is 11.2 Å². The van der Waals surface area contributed by atoms with Gasteiger partial charge in [-0.3, -0.25) is 4.79 Å². The molecule has 1 unspecified atom stereocenters. The van der Waals surface area contributed by atoms with Crippen molar-refractivity contribution < 1.29 is 22.3 Å². The highest BCUT2D eigenvalue weighted by molar-refractivity contribution is 7.90. The molecule has 1 aliphatic heterocycles. The summed E-state index contributed by atoms with van der Waals surface area (Å²) in [4.78, 5) is 19.1. The fourth-order valence-corrected chi connectivity index (χ4v) is 5.64. The third-order valence-electron chi connectivity index (χ3n) is 5.85. The van der Waals surface area contributed by atoms with Crippen molar-refractivity contribution in [3.8, 4) is 0 Å². The van der Waals surface area contributed by atoms with Crippen LogP contribution in [0.15, 0.2) is 35.6 Å². The highest BCUT2D eigenvalue weighted by Crippen LogP contribution is 2.25. The first-order chi connectivity index (χ1) is 15.9. The highest BCUT2D eigenvalue weighted by atomic mass is 32.2. The number of carbonyl (C=O) groups excluding carboxylic acids is 1. The van der Waals surface area contributed by atoms with E-state index in [9.17, 15) is 17.6 Å². The summed E-state index contributed by atoms with van der Waals surface area (Å²) in [6.45, 7) is 11.1. The van der Waals surface area contributed by atoms with Crippen LogP contribution in [0.1, 0.15) is 65.1 Å². The number of sulfone groups is 1. The van der Waals surface area contributed by atoms with Gasteiger partial charge in [-0.25, -0.2) is 17.8 Å². The predicted octanol–water partition coefficient (Wildman–Crippen LogP) is 4.35. The molecule has 0 N–H and O–H groups in total. The Labute approximate surface area is 202 Å². The summed E-state index contributed by atoms with van der Waals surface area (Å²) in [7, 11) is -3.94. The van der Waals surface area contributed by atoms with E-state index in [4.69, 9.17) is 4.74 Å². The molecule has 34 heavy (non-hydrogen) atoms. The number of nitrogens with zero attached hydrogens (tertiary/aromatic N) is 3. The normalized spacial score (nSPS) is 16.9. The van der Waals surface area contributed by atoms with Gasteiger partial charge in [0.2, 0.25) is 20.9 Å². The Morgan fingerprint density at radius 3 is 2.59 bits per heavy atom. The first-order valence-electron chi connectivity index (χ1n) is 11.8. The SMILES string of the molecule is CC(C)N(Cc1cnc(S(=O)(=O)Cc2ccccc2F)n1CC1CCCO1)C(=O)CC(C)(C)C. The molecule has 0 radical (unpaired) electrons. The number of amides is 1. The topological polar surface area (TPSA) is 81.5 Å². The van der Waals surface area contributed by atoms with Crippen molar-refractivity contribution in [2.75, 3.05) is 6.61 Å². The lowest BCUT2D eigenvalue weighted by atomic mass is 9.91. The number of halogens is 1. The van der Waals surface area contributed by atoms with E-state index in [-0.39, 0.29) is 40.7 Å². The summed E-state index contributed by atoms with van der Waals surface area (Å²) in [5, 5.41) is -0.117. The molecule has 1 atom stereocenters. The van der Waals surface area contributed by atoms with Crippen LogP contribution in [0.2, 0.25) is 0 Å². The van der Waals surface area contributed by atoms with Gasteiger partial charge in [0.1, 0.15) is 5.82 Å². The second-order valence-corrected chi connectivity index (χ2v) is 12.4. The number of benzene rings is 1. The van der Waals surface area contributed by atoms with Gasteiger partial charge in [0.05, 0.1) is 36.8 Å². The minimum absolute atomic E-state index is 0.00290. The quantitative estimate of drug-likeness (QED) is 0.519. The van der Waals surface area contributed by atoms with E-state index in [1.165, 1.54) is 24.4 Å². The van der Waals surface area contributed by atoms with Crippen molar-refractivity contribution in [1.82, 2.24) is 14.5 Å². The maximum Gasteiger partial charge on any atom is 0.228 e. The molecule has 1 amide bonds. The largest absolute Gasteiger partial charge is 0.376 e. The molecule has 2 heterocycles. The Morgan fingerprint density at radius 2 is 2.00 bits per heavy atom. The third kappa shape index (κ3) is 6.66. The van der Waals surface area contributed by atoms with Crippen LogP contribution in [0.25, 0.3) is 0 Å². The van der Waals surface area contributed by atoms with Crippen LogP contribution < -0.4 is 0 Å². The summed E-state index contributed by atoms with van der Waals surface area (Å²) in [6.07, 6.45) is 3.50. The Balaban J connectivity index is 1.96. The lowest BCUT2D eigenvalue weighted by Crippen LogP contribution is -2.39. The molecular weight excluding hydrogens is 457 g/mol. The molecule has 1 aromatic heterocycles. The summed E-state index contributed by atoms with van der Waals surface area (Å²) in [6, 6.07) is 5.78. The van der Waals surface area contributed by atoms with E-state index in [2.05, 4.69) is 4.98 Å². The molecule has 1 aromatic carbocycles. The van der Waals surface area contributed by atoms with E-state index in [1.54, 1.807) is 15.5 Å². The third-order valence-corrected chi connectivity index (χ3v) is 7.42. The molecule has 188 valence electrons. The number of rotatable bonds is 9. The molecule has 9 heteroatoms. The monoisotopic (exact) mass is 493 g/mol. The lowest BCUT2D eigenvalue weighted by Gasteiger charge is -2.30. The fraction of sp³-hybridized carbons (Fsp3) is 0.600. The second kappa shape index (κ2) is 10.6. The van der Waals surface area contributed by atoms with Crippen LogP contribution >= 0.6 is 0 Å². The van der Waals surface area contributed by atoms with E-state index < -0.39 is 21.4 Å². The van der Waals surface area contributed by atoms with E-state index >= 15 is 0 Å². The lowest BCUT2D eigenvalue weighted by molar-refractivity contribution is -0.135. The minimum Gasteiger partial charge on any atom is -0.376 e. The molecule has 1 aliphatic rings. The Kier molecular flexibility index (Phi) is 8.18. The van der Waals surface area contributed by atoms with Crippen molar-refractivity contribution in [2.45, 2.75) is 90.0 Å². The van der Waals surface area contributed by atoms with Gasteiger partial charge in [0.25, 0.3) is 0 Å². The summed E-state index contributed by atoms with van der Waals surface area (Å²) >= 11 is 0. The van der Waals surface area contributed by atoms with Gasteiger partial charge in [-0.05, 0) is 38.2 Å². The van der Waals surface area contributed by atoms with Gasteiger partial charge < -0.3 is 14.2 Å². The molecule has 3 rings (SSSR count). The van der Waals surface area contributed by atoms with Crippen LogP contribution in [0.3, 0.4) is 0 Å². The summed E-state index contributed by atoms with van der Waals surface area (Å²) < 4.78 is 48.3. The number of hydrogen-bond donors (Lipinski definition) is 0. The molecule has 0 saturated carbocycles. The number of aromatic nitrogens is 2. The van der Waals surface area contributed by atoms with Gasteiger partial charge in [-0.2, -0.15) is 0 Å². The minimum atomic E-state index is -3.94. The van der Waals surface area contributed by atoms with Crippen LogP contribution in [-0.4, -0.2) is 47.5 Å². The van der Waals surface area contributed by atoms with Crippen molar-refractivity contribution >= 4 is 15.7 Å². The van der Waals surface area contributed by atoms with Crippen LogP contribution in [-0.2, 0) is 38.2 Å². The summed E-state index contributed by atoms with van der Waals surface area (Å²) in [5.41, 5.74) is 0.551. The highest BCUT2D eigenvalue weighted by Gasteiger charge is 2.30. The molecule has 7 nitrogen and oxygen atoms in total. The van der Waals surface area contributed by atoms with Gasteiger partial charge in [-0.15, -0.1) is 0 Å². The fourth-order valence-electron chi connectivity index (χ4n) is 4.13. The van der Waals surface area contributed by atoms with E-state index in [1.807, 2.05) is 34.6 Å². The summed E-state index contributed by atoms with van der Waals surface area (Å²) in [5.74, 6) is -1.05. The van der Waals surface area contributed by atoms with Gasteiger partial charge in [0, 0.05) is 24.6 Å². The Bertz CT molecular complexity index is 1100. The molecule has 1 fully saturated rings.